The van der Waals surface area contributed by atoms with Crippen molar-refractivity contribution < 1.29 is 9.32 Å². The van der Waals surface area contributed by atoms with Gasteiger partial charge in [-0.15, -0.1) is 11.3 Å². The lowest BCUT2D eigenvalue weighted by atomic mass is 10.1. The van der Waals surface area contributed by atoms with Crippen LogP contribution in [0.15, 0.2) is 53.1 Å². The van der Waals surface area contributed by atoms with Crippen LogP contribution in [-0.2, 0) is 4.79 Å². The van der Waals surface area contributed by atoms with Crippen LogP contribution >= 0.6 is 11.3 Å². The third kappa shape index (κ3) is 4.09. The Hall–Kier alpha value is -3.32. The van der Waals surface area contributed by atoms with Crippen LogP contribution in [0.3, 0.4) is 0 Å². The van der Waals surface area contributed by atoms with Gasteiger partial charge in [-0.3, -0.25) is 4.79 Å². The van der Waals surface area contributed by atoms with Crippen LogP contribution in [0.2, 0.25) is 0 Å². The number of rotatable bonds is 5. The van der Waals surface area contributed by atoms with Gasteiger partial charge in [0, 0.05) is 12.0 Å². The molecule has 2 heterocycles. The number of amides is 1. The molecule has 2 aromatic carbocycles. The Morgan fingerprint density at radius 3 is 2.72 bits per heavy atom. The van der Waals surface area contributed by atoms with Crippen LogP contribution < -0.4 is 5.32 Å². The van der Waals surface area contributed by atoms with Crippen LogP contribution in [-0.4, -0.2) is 21.0 Å². The first-order chi connectivity index (χ1) is 14.0. The zero-order valence-corrected chi connectivity index (χ0v) is 17.2. The quantitative estimate of drug-likeness (QED) is 0.449. The zero-order valence-electron chi connectivity index (χ0n) is 16.3. The number of hydrogen-bond donors (Lipinski definition) is 1. The second-order valence-electron chi connectivity index (χ2n) is 6.95. The molecule has 146 valence electrons. The predicted octanol–water partition coefficient (Wildman–Crippen LogP) is 5.43. The van der Waals surface area contributed by atoms with E-state index in [1.54, 1.807) is 17.4 Å². The van der Waals surface area contributed by atoms with E-state index in [9.17, 15) is 4.79 Å². The maximum atomic E-state index is 12.6. The minimum absolute atomic E-state index is 0.159. The van der Waals surface area contributed by atoms with E-state index in [4.69, 9.17) is 4.52 Å². The molecule has 0 aliphatic rings. The summed E-state index contributed by atoms with van der Waals surface area (Å²) in [5, 5.41) is 7.74. The summed E-state index contributed by atoms with van der Waals surface area (Å²) < 4.78 is 6.50. The van der Waals surface area contributed by atoms with Crippen LogP contribution in [0.25, 0.3) is 27.7 Å². The lowest BCUT2D eigenvalue weighted by Crippen LogP contribution is -2.10. The molecule has 0 aliphatic heterocycles. The van der Waals surface area contributed by atoms with Crippen molar-refractivity contribution in [1.29, 1.82) is 0 Å². The molecule has 4 aromatic rings. The van der Waals surface area contributed by atoms with E-state index in [0.29, 0.717) is 23.0 Å². The number of carbonyl (C=O) groups is 1. The highest BCUT2D eigenvalue weighted by molar-refractivity contribution is 7.19. The van der Waals surface area contributed by atoms with Crippen molar-refractivity contribution in [3.05, 3.63) is 64.9 Å². The summed E-state index contributed by atoms with van der Waals surface area (Å²) in [6.07, 6.45) is 3.21. The molecule has 2 aromatic heterocycles. The number of carbonyl (C=O) groups excluding carboxylic acids is 1. The van der Waals surface area contributed by atoms with Gasteiger partial charge < -0.3 is 9.84 Å². The van der Waals surface area contributed by atoms with E-state index >= 15 is 0 Å². The highest BCUT2D eigenvalue weighted by Gasteiger charge is 2.17. The topological polar surface area (TPSA) is 80.9 Å². The summed E-state index contributed by atoms with van der Waals surface area (Å²) in [6.45, 7) is 5.93. The minimum Gasteiger partial charge on any atom is -0.334 e. The molecule has 29 heavy (non-hydrogen) atoms. The molecule has 1 amide bonds. The van der Waals surface area contributed by atoms with Crippen molar-refractivity contribution in [2.75, 3.05) is 5.32 Å². The summed E-state index contributed by atoms with van der Waals surface area (Å²) in [5.41, 5.74) is 3.20. The largest absolute Gasteiger partial charge is 0.334 e. The molecule has 0 fully saturated rings. The van der Waals surface area contributed by atoms with Gasteiger partial charge in [0.05, 0.1) is 21.5 Å². The first-order valence-corrected chi connectivity index (χ1v) is 10.1. The lowest BCUT2D eigenvalue weighted by Gasteiger charge is -2.10. The fraction of sp³-hybridized carbons (Fsp3) is 0.182. The van der Waals surface area contributed by atoms with E-state index < -0.39 is 0 Å². The average Bonchev–Trinajstić information content (AvgIpc) is 3.35. The Balaban J connectivity index is 1.57. The SMILES string of the molecule is Cc1cccc(-c2nc(C(C)C)no2)c1NC(=O)/C=C/c1nc2ccccc2s1. The third-order valence-electron chi connectivity index (χ3n) is 4.40. The fourth-order valence-corrected chi connectivity index (χ4v) is 3.73. The van der Waals surface area contributed by atoms with E-state index in [-0.39, 0.29) is 11.8 Å². The number of aryl methyl sites for hydroxylation is 1. The minimum atomic E-state index is -0.247. The number of anilines is 1. The molecule has 4 rings (SSSR count). The number of fused-ring (bicyclic) bond motifs is 1. The highest BCUT2D eigenvalue weighted by Crippen LogP contribution is 2.30. The molecule has 0 saturated heterocycles. The predicted molar refractivity (Wildman–Crippen MR) is 116 cm³/mol. The van der Waals surface area contributed by atoms with Gasteiger partial charge in [0.2, 0.25) is 5.91 Å². The molecule has 0 bridgehead atoms. The molecule has 0 radical (unpaired) electrons. The Morgan fingerprint density at radius 1 is 1.14 bits per heavy atom. The Morgan fingerprint density at radius 2 is 1.97 bits per heavy atom. The molecule has 0 aliphatic carbocycles. The maximum Gasteiger partial charge on any atom is 0.260 e. The van der Waals surface area contributed by atoms with Crippen molar-refractivity contribution in [2.45, 2.75) is 26.7 Å². The van der Waals surface area contributed by atoms with Gasteiger partial charge >= 0.3 is 0 Å². The van der Waals surface area contributed by atoms with Crippen LogP contribution in [0.4, 0.5) is 5.69 Å². The summed E-state index contributed by atoms with van der Waals surface area (Å²) in [7, 11) is 0. The average molecular weight is 404 g/mol. The Bertz CT molecular complexity index is 1170. The molecule has 6 nitrogen and oxygen atoms in total. The second kappa shape index (κ2) is 7.97. The third-order valence-corrected chi connectivity index (χ3v) is 5.40. The van der Waals surface area contributed by atoms with Crippen molar-refractivity contribution in [3.63, 3.8) is 0 Å². The monoisotopic (exact) mass is 404 g/mol. The standard InChI is InChI=1S/C22H20N4O2S/c1-13(2)21-25-22(28-26-21)15-8-6-7-14(3)20(15)24-18(27)11-12-19-23-16-9-4-5-10-17(16)29-19/h4-13H,1-3H3,(H,24,27)/b12-11+. The Kier molecular flexibility index (Phi) is 5.22. The summed E-state index contributed by atoms with van der Waals surface area (Å²) in [4.78, 5) is 21.5. The van der Waals surface area contributed by atoms with Crippen molar-refractivity contribution in [2.24, 2.45) is 0 Å². The smallest absolute Gasteiger partial charge is 0.260 e. The molecule has 0 saturated carbocycles. The van der Waals surface area contributed by atoms with Crippen molar-refractivity contribution in [3.8, 4) is 11.5 Å². The normalized spacial score (nSPS) is 11.6. The molecule has 0 spiro atoms. The fourth-order valence-electron chi connectivity index (χ4n) is 2.86. The first-order valence-electron chi connectivity index (χ1n) is 9.29. The Labute approximate surface area is 172 Å². The molecule has 7 heteroatoms. The zero-order chi connectivity index (χ0) is 20.4. The van der Waals surface area contributed by atoms with Gasteiger partial charge in [-0.25, -0.2) is 4.98 Å². The molecular formula is C22H20N4O2S. The van der Waals surface area contributed by atoms with Gasteiger partial charge in [-0.2, -0.15) is 4.98 Å². The summed E-state index contributed by atoms with van der Waals surface area (Å²) in [5.74, 6) is 0.938. The highest BCUT2D eigenvalue weighted by atomic mass is 32.1. The number of thiazole rings is 1. The van der Waals surface area contributed by atoms with Crippen LogP contribution in [0.5, 0.6) is 0 Å². The van der Waals surface area contributed by atoms with Crippen LogP contribution in [0.1, 0.15) is 36.2 Å². The molecule has 1 N–H and O–H groups in total. The molecular weight excluding hydrogens is 384 g/mol. The van der Waals surface area contributed by atoms with E-state index in [2.05, 4.69) is 20.4 Å². The molecule has 0 unspecified atom stereocenters. The van der Waals surface area contributed by atoms with Gasteiger partial charge in [0.15, 0.2) is 5.82 Å². The first kappa shape index (κ1) is 19.0. The van der Waals surface area contributed by atoms with Gasteiger partial charge in [0.25, 0.3) is 5.89 Å². The number of hydrogen-bond acceptors (Lipinski definition) is 6. The second-order valence-corrected chi connectivity index (χ2v) is 8.01. The number of nitrogens with zero attached hydrogens (tertiary/aromatic N) is 3. The van der Waals surface area contributed by atoms with E-state index in [1.165, 1.54) is 6.08 Å². The molecule has 0 atom stereocenters. The maximum absolute atomic E-state index is 12.6. The summed E-state index contributed by atoms with van der Waals surface area (Å²) in [6, 6.07) is 13.6. The van der Waals surface area contributed by atoms with E-state index in [1.807, 2.05) is 63.2 Å². The van der Waals surface area contributed by atoms with Crippen molar-refractivity contribution in [1.82, 2.24) is 15.1 Å². The number of aromatic nitrogens is 3. The lowest BCUT2D eigenvalue weighted by molar-refractivity contribution is -0.111. The van der Waals surface area contributed by atoms with Gasteiger partial charge in [-0.1, -0.05) is 43.3 Å². The number of nitrogens with one attached hydrogen (secondary N) is 1. The number of para-hydroxylation sites is 2. The van der Waals surface area contributed by atoms with Crippen molar-refractivity contribution >= 4 is 39.2 Å². The number of benzene rings is 2. The van der Waals surface area contributed by atoms with Gasteiger partial charge in [0.1, 0.15) is 5.01 Å². The van der Waals surface area contributed by atoms with E-state index in [0.717, 1.165) is 20.8 Å². The van der Waals surface area contributed by atoms with Gasteiger partial charge in [-0.05, 0) is 36.8 Å². The van der Waals surface area contributed by atoms with Crippen LogP contribution in [0, 0.1) is 6.92 Å². The summed E-state index contributed by atoms with van der Waals surface area (Å²) >= 11 is 1.54.